The SMILES string of the molecule is CCc1ccc(NC(=O)c2cn3c(n2)C(=O)N(Cc2ccccc2)CC3)cc1. The van der Waals surface area contributed by atoms with E-state index >= 15 is 0 Å². The molecule has 1 N–H and O–H groups in total. The highest BCUT2D eigenvalue weighted by Crippen LogP contribution is 2.17. The van der Waals surface area contributed by atoms with Gasteiger partial charge in [-0.3, -0.25) is 9.59 Å². The Morgan fingerprint density at radius 2 is 1.79 bits per heavy atom. The van der Waals surface area contributed by atoms with Gasteiger partial charge in [0.1, 0.15) is 5.69 Å². The van der Waals surface area contributed by atoms with E-state index in [0.29, 0.717) is 31.1 Å². The van der Waals surface area contributed by atoms with Gasteiger partial charge in [0, 0.05) is 31.5 Å². The van der Waals surface area contributed by atoms with Crippen LogP contribution >= 0.6 is 0 Å². The molecule has 3 aromatic rings. The van der Waals surface area contributed by atoms with Crippen molar-refractivity contribution in [1.82, 2.24) is 14.5 Å². The molecular formula is C22H22N4O2. The summed E-state index contributed by atoms with van der Waals surface area (Å²) in [7, 11) is 0. The summed E-state index contributed by atoms with van der Waals surface area (Å²) in [5.74, 6) is -0.149. The number of imidazole rings is 1. The fraction of sp³-hybridized carbons (Fsp3) is 0.227. The van der Waals surface area contributed by atoms with Crippen molar-refractivity contribution in [3.05, 3.63) is 83.4 Å². The van der Waals surface area contributed by atoms with Crippen molar-refractivity contribution in [2.45, 2.75) is 26.4 Å². The van der Waals surface area contributed by atoms with Crippen molar-refractivity contribution < 1.29 is 9.59 Å². The number of carbonyl (C=O) groups is 2. The molecule has 0 atom stereocenters. The van der Waals surface area contributed by atoms with Gasteiger partial charge in [-0.05, 0) is 29.7 Å². The molecule has 142 valence electrons. The van der Waals surface area contributed by atoms with Gasteiger partial charge in [0.05, 0.1) is 0 Å². The Kier molecular flexibility index (Phi) is 4.93. The van der Waals surface area contributed by atoms with E-state index in [1.807, 2.05) is 54.6 Å². The maximum atomic E-state index is 12.8. The van der Waals surface area contributed by atoms with E-state index < -0.39 is 0 Å². The van der Waals surface area contributed by atoms with E-state index in [-0.39, 0.29) is 17.5 Å². The van der Waals surface area contributed by atoms with Crippen LogP contribution in [0.4, 0.5) is 5.69 Å². The van der Waals surface area contributed by atoms with Crippen LogP contribution in [0.25, 0.3) is 0 Å². The summed E-state index contributed by atoms with van der Waals surface area (Å²) in [4.78, 5) is 31.4. The second-order valence-corrected chi connectivity index (χ2v) is 6.86. The van der Waals surface area contributed by atoms with Gasteiger partial charge in [-0.2, -0.15) is 0 Å². The van der Waals surface area contributed by atoms with Crippen LogP contribution in [0, 0.1) is 0 Å². The third kappa shape index (κ3) is 3.67. The molecule has 0 spiro atoms. The van der Waals surface area contributed by atoms with Gasteiger partial charge in [0.2, 0.25) is 0 Å². The standard InChI is InChI=1S/C22H22N4O2/c1-2-16-8-10-18(11-9-16)23-21(27)19-15-25-12-13-26(22(28)20(25)24-19)14-17-6-4-3-5-7-17/h3-11,15H,2,12-14H2,1H3,(H,23,27). The van der Waals surface area contributed by atoms with E-state index in [4.69, 9.17) is 0 Å². The summed E-state index contributed by atoms with van der Waals surface area (Å²) in [5.41, 5.74) is 3.25. The van der Waals surface area contributed by atoms with Crippen molar-refractivity contribution >= 4 is 17.5 Å². The fourth-order valence-electron chi connectivity index (χ4n) is 3.31. The highest BCUT2D eigenvalue weighted by molar-refractivity contribution is 6.04. The van der Waals surface area contributed by atoms with E-state index in [0.717, 1.165) is 12.0 Å². The predicted octanol–water partition coefficient (Wildman–Crippen LogP) is 3.35. The molecule has 2 heterocycles. The number of benzene rings is 2. The van der Waals surface area contributed by atoms with Crippen LogP contribution in [-0.4, -0.2) is 32.8 Å². The van der Waals surface area contributed by atoms with Gasteiger partial charge >= 0.3 is 0 Å². The summed E-state index contributed by atoms with van der Waals surface area (Å²) in [5, 5.41) is 2.84. The minimum atomic E-state index is -0.312. The molecule has 0 radical (unpaired) electrons. The van der Waals surface area contributed by atoms with Gasteiger partial charge in [-0.25, -0.2) is 4.98 Å². The molecular weight excluding hydrogens is 352 g/mol. The highest BCUT2D eigenvalue weighted by atomic mass is 16.2. The molecule has 6 heteroatoms. The Morgan fingerprint density at radius 3 is 2.50 bits per heavy atom. The maximum absolute atomic E-state index is 12.8. The van der Waals surface area contributed by atoms with Crippen LogP contribution in [0.2, 0.25) is 0 Å². The number of nitrogens with zero attached hydrogens (tertiary/aromatic N) is 3. The summed E-state index contributed by atoms with van der Waals surface area (Å²) >= 11 is 0. The summed E-state index contributed by atoms with van der Waals surface area (Å²) < 4.78 is 1.76. The van der Waals surface area contributed by atoms with Gasteiger partial charge in [0.15, 0.2) is 5.82 Å². The minimum Gasteiger partial charge on any atom is -0.330 e. The molecule has 2 amide bonds. The topological polar surface area (TPSA) is 67.2 Å². The van der Waals surface area contributed by atoms with Gasteiger partial charge in [-0.1, -0.05) is 49.4 Å². The lowest BCUT2D eigenvalue weighted by Gasteiger charge is -2.27. The lowest BCUT2D eigenvalue weighted by atomic mass is 10.1. The van der Waals surface area contributed by atoms with E-state index in [9.17, 15) is 9.59 Å². The largest absolute Gasteiger partial charge is 0.330 e. The molecule has 0 fully saturated rings. The molecule has 2 aromatic carbocycles. The Morgan fingerprint density at radius 1 is 1.04 bits per heavy atom. The normalized spacial score (nSPS) is 13.3. The smallest absolute Gasteiger partial charge is 0.290 e. The number of anilines is 1. The number of fused-ring (bicyclic) bond motifs is 1. The molecule has 28 heavy (non-hydrogen) atoms. The van der Waals surface area contributed by atoms with E-state index in [1.165, 1.54) is 5.56 Å². The molecule has 0 bridgehead atoms. The molecule has 4 rings (SSSR count). The molecule has 1 aliphatic heterocycles. The van der Waals surface area contributed by atoms with Crippen LogP contribution < -0.4 is 5.32 Å². The number of amides is 2. The second kappa shape index (κ2) is 7.68. The van der Waals surface area contributed by atoms with Crippen molar-refractivity contribution in [2.24, 2.45) is 0 Å². The minimum absolute atomic E-state index is 0.151. The molecule has 1 aliphatic rings. The first-order valence-corrected chi connectivity index (χ1v) is 9.44. The Hall–Kier alpha value is -3.41. The number of carbonyl (C=O) groups excluding carboxylic acids is 2. The molecule has 0 saturated carbocycles. The Labute approximate surface area is 163 Å². The summed E-state index contributed by atoms with van der Waals surface area (Å²) in [6, 6.07) is 17.6. The quantitative estimate of drug-likeness (QED) is 0.745. The lowest BCUT2D eigenvalue weighted by molar-refractivity contribution is 0.0683. The van der Waals surface area contributed by atoms with Crippen molar-refractivity contribution in [1.29, 1.82) is 0 Å². The monoisotopic (exact) mass is 374 g/mol. The first-order valence-electron chi connectivity index (χ1n) is 9.44. The summed E-state index contributed by atoms with van der Waals surface area (Å²) in [6.45, 7) is 3.84. The summed E-state index contributed by atoms with van der Waals surface area (Å²) in [6.07, 6.45) is 2.60. The highest BCUT2D eigenvalue weighted by Gasteiger charge is 2.28. The van der Waals surface area contributed by atoms with Crippen molar-refractivity contribution in [3.63, 3.8) is 0 Å². The van der Waals surface area contributed by atoms with Gasteiger partial charge in [0.25, 0.3) is 11.8 Å². The number of nitrogens with one attached hydrogen (secondary N) is 1. The zero-order valence-corrected chi connectivity index (χ0v) is 15.8. The third-order valence-electron chi connectivity index (χ3n) is 4.93. The number of rotatable bonds is 5. The molecule has 0 saturated heterocycles. The number of aryl methyl sites for hydroxylation is 1. The van der Waals surface area contributed by atoms with E-state index in [2.05, 4.69) is 17.2 Å². The first-order chi connectivity index (χ1) is 13.6. The van der Waals surface area contributed by atoms with Gasteiger partial charge in [-0.15, -0.1) is 0 Å². The van der Waals surface area contributed by atoms with Crippen molar-refractivity contribution in [3.8, 4) is 0 Å². The number of hydrogen-bond acceptors (Lipinski definition) is 3. The molecule has 0 unspecified atom stereocenters. The van der Waals surface area contributed by atoms with Crippen LogP contribution in [0.3, 0.4) is 0 Å². The third-order valence-corrected chi connectivity index (χ3v) is 4.93. The molecule has 6 nitrogen and oxygen atoms in total. The zero-order chi connectivity index (χ0) is 19.5. The van der Waals surface area contributed by atoms with Crippen LogP contribution in [0.1, 0.15) is 39.2 Å². The average molecular weight is 374 g/mol. The fourth-order valence-corrected chi connectivity index (χ4v) is 3.31. The van der Waals surface area contributed by atoms with Crippen LogP contribution in [0.5, 0.6) is 0 Å². The Balaban J connectivity index is 1.48. The first kappa shape index (κ1) is 18.0. The predicted molar refractivity (Wildman–Crippen MR) is 107 cm³/mol. The van der Waals surface area contributed by atoms with Crippen LogP contribution in [0.15, 0.2) is 60.8 Å². The Bertz CT molecular complexity index is 993. The second-order valence-electron chi connectivity index (χ2n) is 6.86. The van der Waals surface area contributed by atoms with Crippen LogP contribution in [-0.2, 0) is 19.5 Å². The van der Waals surface area contributed by atoms with Gasteiger partial charge < -0.3 is 14.8 Å². The lowest BCUT2D eigenvalue weighted by Crippen LogP contribution is -2.39. The average Bonchev–Trinajstić information content (AvgIpc) is 3.17. The van der Waals surface area contributed by atoms with E-state index in [1.54, 1.807) is 15.7 Å². The number of hydrogen-bond donors (Lipinski definition) is 1. The molecule has 1 aromatic heterocycles. The zero-order valence-electron chi connectivity index (χ0n) is 15.8. The number of aromatic nitrogens is 2. The molecule has 0 aliphatic carbocycles. The van der Waals surface area contributed by atoms with Crippen molar-refractivity contribution in [2.75, 3.05) is 11.9 Å². The maximum Gasteiger partial charge on any atom is 0.290 e.